The molecule has 100 valence electrons. The molecule has 3 rings (SSSR count). The first-order valence-corrected chi connectivity index (χ1v) is 7.58. The molecule has 0 radical (unpaired) electrons. The zero-order chi connectivity index (χ0) is 13.2. The molecular formula is C15H19N3S. The van der Waals surface area contributed by atoms with E-state index in [0.29, 0.717) is 6.54 Å². The molecule has 0 amide bonds. The number of benzene rings is 1. The molecule has 4 heteroatoms. The topological polar surface area (TPSA) is 50.9 Å². The zero-order valence-corrected chi connectivity index (χ0v) is 12.0. The lowest BCUT2D eigenvalue weighted by Gasteiger charge is -2.01. The third-order valence-corrected chi connectivity index (χ3v) is 4.43. The van der Waals surface area contributed by atoms with Crippen LogP contribution in [0, 0.1) is 12.8 Å². The molecule has 0 unspecified atom stereocenters. The minimum absolute atomic E-state index is 0.588. The van der Waals surface area contributed by atoms with Crippen molar-refractivity contribution in [3.8, 4) is 11.3 Å². The number of aromatic nitrogens is 1. The fourth-order valence-electron chi connectivity index (χ4n) is 2.09. The van der Waals surface area contributed by atoms with Gasteiger partial charge in [0.25, 0.3) is 0 Å². The Morgan fingerprint density at radius 1 is 1.32 bits per heavy atom. The van der Waals surface area contributed by atoms with Crippen molar-refractivity contribution in [2.45, 2.75) is 26.3 Å². The number of rotatable bonds is 5. The number of hydrogen-bond donors (Lipinski definition) is 2. The van der Waals surface area contributed by atoms with E-state index in [0.717, 1.165) is 28.9 Å². The molecular weight excluding hydrogens is 254 g/mol. The first-order chi connectivity index (χ1) is 9.26. The number of hydrogen-bond acceptors (Lipinski definition) is 4. The van der Waals surface area contributed by atoms with Crippen LogP contribution >= 0.6 is 11.3 Å². The fourth-order valence-corrected chi connectivity index (χ4v) is 2.93. The molecule has 1 aromatic carbocycles. The fraction of sp³-hybridized carbons (Fsp3) is 0.400. The predicted octanol–water partition coefficient (Wildman–Crippen LogP) is 3.40. The van der Waals surface area contributed by atoms with Crippen LogP contribution in [0.2, 0.25) is 0 Å². The van der Waals surface area contributed by atoms with Gasteiger partial charge in [-0.3, -0.25) is 0 Å². The molecule has 1 aliphatic carbocycles. The average molecular weight is 273 g/mol. The van der Waals surface area contributed by atoms with E-state index in [-0.39, 0.29) is 0 Å². The number of anilines is 1. The summed E-state index contributed by atoms with van der Waals surface area (Å²) in [5.41, 5.74) is 9.04. The van der Waals surface area contributed by atoms with Crippen molar-refractivity contribution in [3.05, 3.63) is 34.7 Å². The second-order valence-corrected chi connectivity index (χ2v) is 6.35. The van der Waals surface area contributed by atoms with Gasteiger partial charge in [0.15, 0.2) is 5.13 Å². The summed E-state index contributed by atoms with van der Waals surface area (Å²) >= 11 is 1.74. The monoisotopic (exact) mass is 273 g/mol. The van der Waals surface area contributed by atoms with E-state index in [4.69, 9.17) is 10.7 Å². The smallest absolute Gasteiger partial charge is 0.183 e. The Labute approximate surface area is 117 Å². The van der Waals surface area contributed by atoms with Crippen molar-refractivity contribution >= 4 is 16.5 Å². The van der Waals surface area contributed by atoms with Crippen LogP contribution in [0.1, 0.15) is 23.3 Å². The standard InChI is InChI=1S/C15H19N3S/c1-10-14(13-6-4-11(8-16)5-7-13)18-15(19-10)17-9-12-2-3-12/h4-7,12H,2-3,8-9,16H2,1H3,(H,17,18). The van der Waals surface area contributed by atoms with Crippen LogP contribution in [0.3, 0.4) is 0 Å². The van der Waals surface area contributed by atoms with E-state index in [1.807, 2.05) is 0 Å². The summed E-state index contributed by atoms with van der Waals surface area (Å²) in [7, 11) is 0. The Hall–Kier alpha value is -1.39. The van der Waals surface area contributed by atoms with Gasteiger partial charge in [-0.2, -0.15) is 0 Å². The number of nitrogens with two attached hydrogens (primary N) is 1. The summed E-state index contributed by atoms with van der Waals surface area (Å²) < 4.78 is 0. The summed E-state index contributed by atoms with van der Waals surface area (Å²) in [5.74, 6) is 0.872. The molecule has 1 fully saturated rings. The minimum Gasteiger partial charge on any atom is -0.361 e. The number of thiazole rings is 1. The third-order valence-electron chi connectivity index (χ3n) is 3.50. The van der Waals surface area contributed by atoms with Crippen LogP contribution < -0.4 is 11.1 Å². The summed E-state index contributed by atoms with van der Waals surface area (Å²) in [6, 6.07) is 8.36. The number of aryl methyl sites for hydroxylation is 1. The van der Waals surface area contributed by atoms with Gasteiger partial charge >= 0.3 is 0 Å². The van der Waals surface area contributed by atoms with Crippen LogP contribution in [0.15, 0.2) is 24.3 Å². The molecule has 1 heterocycles. The highest BCUT2D eigenvalue weighted by Crippen LogP contribution is 2.33. The molecule has 19 heavy (non-hydrogen) atoms. The Morgan fingerprint density at radius 3 is 2.68 bits per heavy atom. The molecule has 0 bridgehead atoms. The van der Waals surface area contributed by atoms with Crippen molar-refractivity contribution in [2.24, 2.45) is 11.7 Å². The van der Waals surface area contributed by atoms with E-state index in [1.54, 1.807) is 11.3 Å². The van der Waals surface area contributed by atoms with Gasteiger partial charge in [-0.15, -0.1) is 11.3 Å². The lowest BCUT2D eigenvalue weighted by atomic mass is 10.1. The maximum Gasteiger partial charge on any atom is 0.183 e. The predicted molar refractivity (Wildman–Crippen MR) is 81.4 cm³/mol. The first-order valence-electron chi connectivity index (χ1n) is 6.77. The van der Waals surface area contributed by atoms with Gasteiger partial charge in [0.05, 0.1) is 5.69 Å². The lowest BCUT2D eigenvalue weighted by Crippen LogP contribution is -2.02. The van der Waals surface area contributed by atoms with Crippen molar-refractivity contribution in [1.82, 2.24) is 4.98 Å². The van der Waals surface area contributed by atoms with Crippen molar-refractivity contribution in [2.75, 3.05) is 11.9 Å². The Kier molecular flexibility index (Phi) is 3.53. The van der Waals surface area contributed by atoms with Crippen LogP contribution in [0.5, 0.6) is 0 Å². The highest BCUT2D eigenvalue weighted by atomic mass is 32.1. The average Bonchev–Trinajstić information content (AvgIpc) is 3.19. The normalized spacial score (nSPS) is 14.6. The van der Waals surface area contributed by atoms with E-state index in [2.05, 4.69) is 36.5 Å². The van der Waals surface area contributed by atoms with Gasteiger partial charge in [-0.25, -0.2) is 4.98 Å². The molecule has 3 N–H and O–H groups in total. The van der Waals surface area contributed by atoms with Crippen LogP contribution in [-0.4, -0.2) is 11.5 Å². The van der Waals surface area contributed by atoms with Gasteiger partial charge in [0.1, 0.15) is 0 Å². The Morgan fingerprint density at radius 2 is 2.05 bits per heavy atom. The van der Waals surface area contributed by atoms with Crippen LogP contribution in [0.4, 0.5) is 5.13 Å². The second kappa shape index (κ2) is 5.31. The molecule has 0 saturated heterocycles. The van der Waals surface area contributed by atoms with Crippen molar-refractivity contribution < 1.29 is 0 Å². The van der Waals surface area contributed by atoms with Gasteiger partial charge < -0.3 is 11.1 Å². The van der Waals surface area contributed by atoms with E-state index in [9.17, 15) is 0 Å². The Balaban J connectivity index is 1.78. The van der Waals surface area contributed by atoms with E-state index >= 15 is 0 Å². The summed E-state index contributed by atoms with van der Waals surface area (Å²) in [4.78, 5) is 5.97. The molecule has 3 nitrogen and oxygen atoms in total. The molecule has 0 spiro atoms. The highest BCUT2D eigenvalue weighted by molar-refractivity contribution is 7.16. The van der Waals surface area contributed by atoms with Gasteiger partial charge in [-0.05, 0) is 31.2 Å². The Bertz CT molecular complexity index is 555. The molecule has 0 aliphatic heterocycles. The highest BCUT2D eigenvalue weighted by Gasteiger charge is 2.21. The van der Waals surface area contributed by atoms with Crippen molar-refractivity contribution in [1.29, 1.82) is 0 Å². The quantitative estimate of drug-likeness (QED) is 0.878. The van der Waals surface area contributed by atoms with E-state index in [1.165, 1.54) is 23.3 Å². The first kappa shape index (κ1) is 12.6. The van der Waals surface area contributed by atoms with Crippen molar-refractivity contribution in [3.63, 3.8) is 0 Å². The molecule has 1 aromatic heterocycles. The molecule has 2 aromatic rings. The van der Waals surface area contributed by atoms with Crippen LogP contribution in [-0.2, 0) is 6.54 Å². The van der Waals surface area contributed by atoms with Crippen LogP contribution in [0.25, 0.3) is 11.3 Å². The summed E-state index contributed by atoms with van der Waals surface area (Å²) in [5, 5.41) is 4.49. The second-order valence-electron chi connectivity index (χ2n) is 5.15. The van der Waals surface area contributed by atoms with E-state index < -0.39 is 0 Å². The summed E-state index contributed by atoms with van der Waals surface area (Å²) in [6.07, 6.45) is 2.73. The minimum atomic E-state index is 0.588. The van der Waals surface area contributed by atoms with Gasteiger partial charge in [-0.1, -0.05) is 24.3 Å². The molecule has 1 saturated carbocycles. The largest absolute Gasteiger partial charge is 0.361 e. The van der Waals surface area contributed by atoms with Gasteiger partial charge in [0.2, 0.25) is 0 Å². The maximum atomic E-state index is 5.62. The molecule has 0 atom stereocenters. The lowest BCUT2D eigenvalue weighted by molar-refractivity contribution is 0.887. The van der Waals surface area contributed by atoms with Gasteiger partial charge in [0, 0.05) is 23.5 Å². The number of nitrogens with zero attached hydrogens (tertiary/aromatic N) is 1. The molecule has 1 aliphatic rings. The third kappa shape index (κ3) is 2.96. The SMILES string of the molecule is Cc1sc(NCC2CC2)nc1-c1ccc(CN)cc1. The maximum absolute atomic E-state index is 5.62. The summed E-state index contributed by atoms with van der Waals surface area (Å²) in [6.45, 7) is 3.79. The number of nitrogens with one attached hydrogen (secondary N) is 1. The zero-order valence-electron chi connectivity index (χ0n) is 11.1.